The number of aliphatic carboxylic acids is 1. The number of carboxylic acids is 1. The van der Waals surface area contributed by atoms with E-state index in [4.69, 9.17) is 5.11 Å². The molecule has 4 heteroatoms. The monoisotopic (exact) mass is 289 g/mol. The number of aryl methyl sites for hydroxylation is 3. The number of amides is 1. The summed E-state index contributed by atoms with van der Waals surface area (Å²) in [6.07, 6.45) is 2.33. The van der Waals surface area contributed by atoms with E-state index in [9.17, 15) is 9.59 Å². The fourth-order valence-electron chi connectivity index (χ4n) is 3.26. The average Bonchev–Trinajstić information content (AvgIpc) is 2.82. The van der Waals surface area contributed by atoms with E-state index in [1.165, 1.54) is 5.56 Å². The van der Waals surface area contributed by atoms with E-state index < -0.39 is 5.97 Å². The summed E-state index contributed by atoms with van der Waals surface area (Å²) in [5.41, 5.74) is 4.55. The minimum atomic E-state index is -0.753. The molecule has 1 aliphatic carbocycles. The molecule has 4 nitrogen and oxygen atoms in total. The van der Waals surface area contributed by atoms with Gasteiger partial charge in [-0.05, 0) is 56.7 Å². The summed E-state index contributed by atoms with van der Waals surface area (Å²) in [5, 5.41) is 12.0. The molecule has 0 spiro atoms. The predicted molar refractivity (Wildman–Crippen MR) is 81.3 cm³/mol. The number of carbonyl (C=O) groups excluding carboxylic acids is 1. The molecule has 2 atom stereocenters. The van der Waals surface area contributed by atoms with E-state index >= 15 is 0 Å². The van der Waals surface area contributed by atoms with Gasteiger partial charge < -0.3 is 10.4 Å². The number of nitrogens with one attached hydrogen (secondary N) is 1. The van der Waals surface area contributed by atoms with Crippen molar-refractivity contribution < 1.29 is 14.7 Å². The van der Waals surface area contributed by atoms with Gasteiger partial charge >= 0.3 is 5.97 Å². The number of hydrogen-bond donors (Lipinski definition) is 2. The van der Waals surface area contributed by atoms with Crippen LogP contribution in [0.3, 0.4) is 0 Å². The van der Waals surface area contributed by atoms with Gasteiger partial charge in [-0.2, -0.15) is 0 Å². The van der Waals surface area contributed by atoms with Crippen LogP contribution in [0.25, 0.3) is 0 Å². The van der Waals surface area contributed by atoms with Crippen LogP contribution in [0.5, 0.6) is 0 Å². The van der Waals surface area contributed by atoms with Crippen molar-refractivity contribution in [2.24, 2.45) is 5.92 Å². The van der Waals surface area contributed by atoms with E-state index in [0.717, 1.165) is 23.1 Å². The molecule has 114 valence electrons. The van der Waals surface area contributed by atoms with Gasteiger partial charge in [-0.15, -0.1) is 0 Å². The first-order chi connectivity index (χ1) is 9.86. The predicted octanol–water partition coefficient (Wildman–Crippen LogP) is 2.52. The molecule has 0 aliphatic heterocycles. The van der Waals surface area contributed by atoms with Crippen LogP contribution in [0.1, 0.15) is 41.5 Å². The topological polar surface area (TPSA) is 66.4 Å². The Hall–Kier alpha value is -1.84. The highest BCUT2D eigenvalue weighted by Crippen LogP contribution is 2.26. The van der Waals surface area contributed by atoms with Crippen LogP contribution in [-0.2, 0) is 16.0 Å². The highest BCUT2D eigenvalue weighted by Gasteiger charge is 2.30. The largest absolute Gasteiger partial charge is 0.481 e. The minimum absolute atomic E-state index is 0.00432. The molecular formula is C17H23NO3. The van der Waals surface area contributed by atoms with Crippen LogP contribution in [0.2, 0.25) is 0 Å². The molecule has 0 unspecified atom stereocenters. The third-order valence-electron chi connectivity index (χ3n) is 4.32. The van der Waals surface area contributed by atoms with Crippen LogP contribution in [-0.4, -0.2) is 23.0 Å². The second-order valence-electron chi connectivity index (χ2n) is 6.17. The van der Waals surface area contributed by atoms with Crippen molar-refractivity contribution >= 4 is 11.9 Å². The number of carboxylic acid groups (broad SMARTS) is 1. The fraction of sp³-hybridized carbons (Fsp3) is 0.529. The van der Waals surface area contributed by atoms with E-state index in [0.29, 0.717) is 19.3 Å². The van der Waals surface area contributed by atoms with Crippen molar-refractivity contribution in [2.75, 3.05) is 0 Å². The molecule has 1 saturated carbocycles. The van der Waals surface area contributed by atoms with E-state index in [1.54, 1.807) is 0 Å². The summed E-state index contributed by atoms with van der Waals surface area (Å²) < 4.78 is 0. The summed E-state index contributed by atoms with van der Waals surface area (Å²) in [5.74, 6) is -1.07. The van der Waals surface area contributed by atoms with Gasteiger partial charge in [0.15, 0.2) is 0 Å². The van der Waals surface area contributed by atoms with Crippen LogP contribution in [0.15, 0.2) is 12.1 Å². The van der Waals surface area contributed by atoms with Gasteiger partial charge in [0.25, 0.3) is 0 Å². The quantitative estimate of drug-likeness (QED) is 0.895. The van der Waals surface area contributed by atoms with Gasteiger partial charge in [0.2, 0.25) is 5.91 Å². The molecule has 1 amide bonds. The molecule has 0 saturated heterocycles. The van der Waals surface area contributed by atoms with Crippen molar-refractivity contribution in [3.63, 3.8) is 0 Å². The Balaban J connectivity index is 1.96. The van der Waals surface area contributed by atoms with E-state index in [2.05, 4.69) is 24.4 Å². The molecule has 0 aromatic heterocycles. The lowest BCUT2D eigenvalue weighted by atomic mass is 9.97. The maximum absolute atomic E-state index is 12.2. The van der Waals surface area contributed by atoms with Crippen LogP contribution in [0, 0.1) is 26.7 Å². The zero-order valence-corrected chi connectivity index (χ0v) is 12.9. The summed E-state index contributed by atoms with van der Waals surface area (Å²) in [6, 6.07) is 4.18. The molecule has 2 rings (SSSR count). The van der Waals surface area contributed by atoms with Crippen LogP contribution >= 0.6 is 0 Å². The molecule has 0 bridgehead atoms. The zero-order valence-electron chi connectivity index (χ0n) is 12.9. The molecule has 1 aromatic rings. The lowest BCUT2D eigenvalue weighted by Gasteiger charge is -2.15. The maximum atomic E-state index is 12.2. The molecule has 2 N–H and O–H groups in total. The first-order valence-electron chi connectivity index (χ1n) is 7.45. The summed E-state index contributed by atoms with van der Waals surface area (Å²) in [7, 11) is 0. The normalized spacial score (nSPS) is 21.3. The van der Waals surface area contributed by atoms with Crippen LogP contribution in [0.4, 0.5) is 0 Å². The number of rotatable bonds is 4. The smallest absolute Gasteiger partial charge is 0.306 e. The lowest BCUT2D eigenvalue weighted by Crippen LogP contribution is -2.34. The second kappa shape index (κ2) is 6.29. The average molecular weight is 289 g/mol. The summed E-state index contributed by atoms with van der Waals surface area (Å²) in [6.45, 7) is 6.10. The Morgan fingerprint density at radius 1 is 1.19 bits per heavy atom. The lowest BCUT2D eigenvalue weighted by molar-refractivity contribution is -0.141. The number of benzene rings is 1. The first-order valence-corrected chi connectivity index (χ1v) is 7.45. The van der Waals surface area contributed by atoms with Crippen molar-refractivity contribution in [1.29, 1.82) is 0 Å². The highest BCUT2D eigenvalue weighted by molar-refractivity contribution is 5.80. The molecule has 0 radical (unpaired) electrons. The summed E-state index contributed by atoms with van der Waals surface area (Å²) >= 11 is 0. The van der Waals surface area contributed by atoms with E-state index in [1.807, 2.05) is 13.8 Å². The Labute approximate surface area is 125 Å². The van der Waals surface area contributed by atoms with Crippen LogP contribution < -0.4 is 5.32 Å². The maximum Gasteiger partial charge on any atom is 0.306 e. The summed E-state index contributed by atoms with van der Waals surface area (Å²) in [4.78, 5) is 23.1. The minimum Gasteiger partial charge on any atom is -0.481 e. The van der Waals surface area contributed by atoms with Gasteiger partial charge in [-0.25, -0.2) is 0 Å². The van der Waals surface area contributed by atoms with Gasteiger partial charge in [0, 0.05) is 6.04 Å². The number of carbonyl (C=O) groups is 2. The van der Waals surface area contributed by atoms with Crippen molar-refractivity contribution in [3.8, 4) is 0 Å². The van der Waals surface area contributed by atoms with Gasteiger partial charge in [0.1, 0.15) is 0 Å². The van der Waals surface area contributed by atoms with Crippen molar-refractivity contribution in [3.05, 3.63) is 34.4 Å². The molecule has 21 heavy (non-hydrogen) atoms. The van der Waals surface area contributed by atoms with Gasteiger partial charge in [0.05, 0.1) is 12.3 Å². The Morgan fingerprint density at radius 2 is 1.81 bits per heavy atom. The Kier molecular flexibility index (Phi) is 4.66. The molecular weight excluding hydrogens is 266 g/mol. The Bertz CT molecular complexity index is 542. The van der Waals surface area contributed by atoms with Gasteiger partial charge in [-0.1, -0.05) is 17.7 Å². The number of hydrogen-bond acceptors (Lipinski definition) is 2. The Morgan fingerprint density at radius 3 is 2.33 bits per heavy atom. The molecule has 0 heterocycles. The van der Waals surface area contributed by atoms with Crippen molar-refractivity contribution in [2.45, 2.75) is 52.5 Å². The zero-order chi connectivity index (χ0) is 15.6. The third-order valence-corrected chi connectivity index (χ3v) is 4.32. The molecule has 1 aromatic carbocycles. The fourth-order valence-corrected chi connectivity index (χ4v) is 3.26. The molecule has 1 fully saturated rings. The highest BCUT2D eigenvalue weighted by atomic mass is 16.4. The third kappa shape index (κ3) is 3.84. The standard InChI is InChI=1S/C17H23NO3/c1-10-6-11(2)15(12(3)7-10)9-16(19)18-14-5-4-13(8-14)17(20)21/h6-7,13-14H,4-5,8-9H2,1-3H3,(H,18,19)(H,20,21)/t13-,14+/m1/s1. The van der Waals surface area contributed by atoms with E-state index in [-0.39, 0.29) is 17.9 Å². The SMILES string of the molecule is Cc1cc(C)c(CC(=O)N[C@H]2CC[C@@H](C(=O)O)C2)c(C)c1. The molecule has 1 aliphatic rings. The second-order valence-corrected chi connectivity index (χ2v) is 6.17. The van der Waals surface area contributed by atoms with Crippen molar-refractivity contribution in [1.82, 2.24) is 5.32 Å². The van der Waals surface area contributed by atoms with Gasteiger partial charge in [-0.3, -0.25) is 9.59 Å². The first kappa shape index (κ1) is 15.5.